The Balaban J connectivity index is 2.19. The number of amides is 1. The van der Waals surface area contributed by atoms with Crippen LogP contribution in [0.15, 0.2) is 42.5 Å². The summed E-state index contributed by atoms with van der Waals surface area (Å²) < 4.78 is 18.1. The second-order valence-electron chi connectivity index (χ2n) is 4.59. The summed E-state index contributed by atoms with van der Waals surface area (Å²) in [5, 5.41) is 2.80. The number of nitrogens with two attached hydrogens (primary N) is 1. The molecule has 0 aromatic heterocycles. The van der Waals surface area contributed by atoms with Crippen LogP contribution < -0.4 is 11.1 Å². The normalized spacial score (nSPS) is 10.4. The summed E-state index contributed by atoms with van der Waals surface area (Å²) >= 11 is 0. The molecule has 0 fully saturated rings. The summed E-state index contributed by atoms with van der Waals surface area (Å²) in [5.74, 6) is -0.832. The van der Waals surface area contributed by atoms with E-state index in [1.807, 2.05) is 24.3 Å². The monoisotopic (exact) mass is 288 g/mol. The number of halogens is 1. The molecule has 0 unspecified atom stereocenters. The van der Waals surface area contributed by atoms with Crippen LogP contribution in [0, 0.1) is 5.82 Å². The lowest BCUT2D eigenvalue weighted by Gasteiger charge is -2.12. The molecule has 0 bridgehead atoms. The van der Waals surface area contributed by atoms with Gasteiger partial charge in [0, 0.05) is 18.5 Å². The standard InChI is InChI=1S/C16H17FN2O2/c1-21-9-8-11-4-2-3-5-15(11)19-16(20)13-7-6-12(17)10-14(13)18/h2-7,10H,8-9,18H2,1H3,(H,19,20). The number of nitrogen functional groups attached to an aromatic ring is 1. The number of ether oxygens (including phenoxy) is 1. The van der Waals surface area contributed by atoms with Gasteiger partial charge in [-0.1, -0.05) is 18.2 Å². The minimum absolute atomic E-state index is 0.113. The molecule has 0 heterocycles. The number of nitrogens with one attached hydrogen (secondary N) is 1. The molecule has 110 valence electrons. The van der Waals surface area contributed by atoms with Crippen molar-refractivity contribution in [2.75, 3.05) is 24.8 Å². The first-order valence-corrected chi connectivity index (χ1v) is 6.55. The first kappa shape index (κ1) is 15.0. The van der Waals surface area contributed by atoms with Crippen LogP contribution in [0.1, 0.15) is 15.9 Å². The van der Waals surface area contributed by atoms with Gasteiger partial charge in [0.05, 0.1) is 12.2 Å². The average Bonchev–Trinajstić information content (AvgIpc) is 2.46. The average molecular weight is 288 g/mol. The molecule has 4 nitrogen and oxygen atoms in total. The van der Waals surface area contributed by atoms with Gasteiger partial charge in [-0.2, -0.15) is 0 Å². The zero-order chi connectivity index (χ0) is 15.2. The van der Waals surface area contributed by atoms with Crippen molar-refractivity contribution in [3.63, 3.8) is 0 Å². The smallest absolute Gasteiger partial charge is 0.257 e. The Kier molecular flexibility index (Phi) is 4.90. The van der Waals surface area contributed by atoms with Crippen molar-refractivity contribution < 1.29 is 13.9 Å². The minimum Gasteiger partial charge on any atom is -0.398 e. The molecule has 2 aromatic carbocycles. The molecule has 3 N–H and O–H groups in total. The van der Waals surface area contributed by atoms with Crippen molar-refractivity contribution in [2.45, 2.75) is 6.42 Å². The van der Waals surface area contributed by atoms with E-state index in [-0.39, 0.29) is 17.2 Å². The van der Waals surface area contributed by atoms with Gasteiger partial charge in [0.2, 0.25) is 0 Å². The van der Waals surface area contributed by atoms with Crippen molar-refractivity contribution >= 4 is 17.3 Å². The van der Waals surface area contributed by atoms with Gasteiger partial charge in [-0.25, -0.2) is 4.39 Å². The van der Waals surface area contributed by atoms with Crippen LogP contribution in [0.3, 0.4) is 0 Å². The molecular weight excluding hydrogens is 271 g/mol. The Morgan fingerprint density at radius 2 is 2.05 bits per heavy atom. The molecule has 0 atom stereocenters. The molecule has 5 heteroatoms. The van der Waals surface area contributed by atoms with Crippen molar-refractivity contribution in [2.24, 2.45) is 0 Å². The number of carbonyl (C=O) groups excluding carboxylic acids is 1. The molecule has 0 aliphatic rings. The molecule has 0 aliphatic heterocycles. The quantitative estimate of drug-likeness (QED) is 0.831. The number of hydrogen-bond donors (Lipinski definition) is 2. The Bertz CT molecular complexity index is 644. The third-order valence-electron chi connectivity index (χ3n) is 3.10. The molecule has 2 rings (SSSR count). The Morgan fingerprint density at radius 1 is 1.29 bits per heavy atom. The summed E-state index contributed by atoms with van der Waals surface area (Å²) in [5.41, 5.74) is 7.70. The highest BCUT2D eigenvalue weighted by Gasteiger charge is 2.12. The number of para-hydroxylation sites is 1. The maximum Gasteiger partial charge on any atom is 0.257 e. The lowest BCUT2D eigenvalue weighted by molar-refractivity contribution is 0.102. The lowest BCUT2D eigenvalue weighted by atomic mass is 10.1. The fraction of sp³-hybridized carbons (Fsp3) is 0.188. The van der Waals surface area contributed by atoms with Crippen LogP contribution in [0.25, 0.3) is 0 Å². The van der Waals surface area contributed by atoms with Gasteiger partial charge in [-0.15, -0.1) is 0 Å². The highest BCUT2D eigenvalue weighted by atomic mass is 19.1. The third kappa shape index (κ3) is 3.79. The van der Waals surface area contributed by atoms with Gasteiger partial charge in [0.15, 0.2) is 0 Å². The zero-order valence-corrected chi connectivity index (χ0v) is 11.7. The van der Waals surface area contributed by atoms with Crippen LogP contribution in [0.2, 0.25) is 0 Å². The minimum atomic E-state index is -0.468. The van der Waals surface area contributed by atoms with Crippen LogP contribution >= 0.6 is 0 Å². The Labute approximate surface area is 122 Å². The van der Waals surface area contributed by atoms with E-state index in [0.29, 0.717) is 18.7 Å². The molecule has 0 aliphatic carbocycles. The summed E-state index contributed by atoms with van der Waals surface area (Å²) in [6.45, 7) is 0.561. The topological polar surface area (TPSA) is 64.3 Å². The predicted octanol–water partition coefficient (Wildman–Crippen LogP) is 2.85. The SMILES string of the molecule is COCCc1ccccc1NC(=O)c1ccc(F)cc1N. The molecule has 2 aromatic rings. The van der Waals surface area contributed by atoms with Gasteiger partial charge in [-0.05, 0) is 36.2 Å². The van der Waals surface area contributed by atoms with E-state index in [9.17, 15) is 9.18 Å². The molecule has 0 saturated carbocycles. The van der Waals surface area contributed by atoms with E-state index < -0.39 is 5.82 Å². The first-order chi connectivity index (χ1) is 10.1. The number of benzene rings is 2. The maximum atomic E-state index is 13.0. The highest BCUT2D eigenvalue weighted by molar-refractivity contribution is 6.08. The molecular formula is C16H17FN2O2. The van der Waals surface area contributed by atoms with Crippen LogP contribution in [-0.2, 0) is 11.2 Å². The summed E-state index contributed by atoms with van der Waals surface area (Å²) in [7, 11) is 1.63. The van der Waals surface area contributed by atoms with E-state index in [1.165, 1.54) is 12.1 Å². The van der Waals surface area contributed by atoms with Crippen molar-refractivity contribution in [1.82, 2.24) is 0 Å². The largest absolute Gasteiger partial charge is 0.398 e. The van der Waals surface area contributed by atoms with Crippen molar-refractivity contribution in [3.05, 3.63) is 59.4 Å². The summed E-state index contributed by atoms with van der Waals surface area (Å²) in [4.78, 5) is 12.2. The van der Waals surface area contributed by atoms with E-state index in [4.69, 9.17) is 10.5 Å². The molecule has 21 heavy (non-hydrogen) atoms. The molecule has 0 radical (unpaired) electrons. The zero-order valence-electron chi connectivity index (χ0n) is 11.7. The molecule has 0 saturated heterocycles. The van der Waals surface area contributed by atoms with Crippen LogP contribution in [0.5, 0.6) is 0 Å². The number of rotatable bonds is 5. The predicted molar refractivity (Wildman–Crippen MR) is 80.8 cm³/mol. The Morgan fingerprint density at radius 3 is 2.76 bits per heavy atom. The van der Waals surface area contributed by atoms with Gasteiger partial charge in [-0.3, -0.25) is 4.79 Å². The Hall–Kier alpha value is -2.40. The molecule has 1 amide bonds. The first-order valence-electron chi connectivity index (χ1n) is 6.55. The van der Waals surface area contributed by atoms with Gasteiger partial charge < -0.3 is 15.8 Å². The summed E-state index contributed by atoms with van der Waals surface area (Å²) in [6, 6.07) is 11.2. The van der Waals surface area contributed by atoms with Crippen molar-refractivity contribution in [3.8, 4) is 0 Å². The molecule has 0 spiro atoms. The number of methoxy groups -OCH3 is 1. The fourth-order valence-corrected chi connectivity index (χ4v) is 2.00. The van der Waals surface area contributed by atoms with Crippen molar-refractivity contribution in [1.29, 1.82) is 0 Å². The van der Waals surface area contributed by atoms with E-state index in [2.05, 4.69) is 5.32 Å². The van der Waals surface area contributed by atoms with Gasteiger partial charge in [0.1, 0.15) is 5.82 Å². The second kappa shape index (κ2) is 6.85. The van der Waals surface area contributed by atoms with E-state index >= 15 is 0 Å². The van der Waals surface area contributed by atoms with Gasteiger partial charge in [0.25, 0.3) is 5.91 Å². The van der Waals surface area contributed by atoms with Gasteiger partial charge >= 0.3 is 0 Å². The maximum absolute atomic E-state index is 13.0. The lowest BCUT2D eigenvalue weighted by Crippen LogP contribution is -2.15. The highest BCUT2D eigenvalue weighted by Crippen LogP contribution is 2.19. The summed E-state index contributed by atoms with van der Waals surface area (Å²) in [6.07, 6.45) is 0.686. The van der Waals surface area contributed by atoms with E-state index in [0.717, 1.165) is 11.6 Å². The third-order valence-corrected chi connectivity index (χ3v) is 3.10. The fourth-order valence-electron chi connectivity index (χ4n) is 2.00. The van der Waals surface area contributed by atoms with E-state index in [1.54, 1.807) is 7.11 Å². The number of hydrogen-bond acceptors (Lipinski definition) is 3. The number of carbonyl (C=O) groups is 1. The second-order valence-corrected chi connectivity index (χ2v) is 4.59. The number of anilines is 2. The van der Waals surface area contributed by atoms with Crippen LogP contribution in [0.4, 0.5) is 15.8 Å². The van der Waals surface area contributed by atoms with Crippen LogP contribution in [-0.4, -0.2) is 19.6 Å².